The molecule has 0 aliphatic heterocycles. The summed E-state index contributed by atoms with van der Waals surface area (Å²) in [5.41, 5.74) is 0.191. The Labute approximate surface area is 151 Å². The molecule has 4 rings (SSSR count). The summed E-state index contributed by atoms with van der Waals surface area (Å²) in [5, 5.41) is 20.9. The third-order valence-corrected chi connectivity index (χ3v) is 8.89. The van der Waals surface area contributed by atoms with Crippen molar-refractivity contribution in [1.82, 2.24) is 0 Å². The molecule has 2 N–H and O–H groups in total. The van der Waals surface area contributed by atoms with Gasteiger partial charge in [0.25, 0.3) is 0 Å². The van der Waals surface area contributed by atoms with Crippen LogP contribution in [0.4, 0.5) is 0 Å². The summed E-state index contributed by atoms with van der Waals surface area (Å²) >= 11 is 0. The van der Waals surface area contributed by atoms with E-state index >= 15 is 0 Å². The molecule has 0 aromatic rings. The first-order chi connectivity index (χ1) is 11.8. The number of aliphatic hydroxyl groups excluding tert-OH is 2. The Kier molecular flexibility index (Phi) is 4.23. The van der Waals surface area contributed by atoms with Gasteiger partial charge >= 0.3 is 5.97 Å². The van der Waals surface area contributed by atoms with Crippen molar-refractivity contribution in [2.24, 2.45) is 34.5 Å². The highest BCUT2D eigenvalue weighted by Crippen LogP contribution is 2.66. The largest absolute Gasteiger partial charge is 0.462 e. The van der Waals surface area contributed by atoms with E-state index in [1.54, 1.807) is 0 Å². The maximum absolute atomic E-state index is 11.8. The van der Waals surface area contributed by atoms with E-state index in [0.29, 0.717) is 17.8 Å². The van der Waals surface area contributed by atoms with Crippen LogP contribution >= 0.6 is 0 Å². The van der Waals surface area contributed by atoms with E-state index in [2.05, 4.69) is 13.8 Å². The van der Waals surface area contributed by atoms with E-state index in [9.17, 15) is 15.0 Å². The first kappa shape index (κ1) is 17.8. The summed E-state index contributed by atoms with van der Waals surface area (Å²) in [4.78, 5) is 11.8. The molecule has 0 aromatic heterocycles. The zero-order valence-electron chi connectivity index (χ0n) is 15.9. The van der Waals surface area contributed by atoms with Gasteiger partial charge in [-0.15, -0.1) is 0 Å². The Morgan fingerprint density at radius 3 is 2.32 bits per heavy atom. The lowest BCUT2D eigenvalue weighted by molar-refractivity contribution is -0.193. The summed E-state index contributed by atoms with van der Waals surface area (Å²) in [7, 11) is 0. The lowest BCUT2D eigenvalue weighted by Crippen LogP contribution is -2.59. The smallest absolute Gasteiger partial charge is 0.302 e. The molecule has 4 aliphatic rings. The minimum absolute atomic E-state index is 0.0410. The van der Waals surface area contributed by atoms with Crippen LogP contribution in [0.1, 0.15) is 72.1 Å². The fourth-order valence-electron chi connectivity index (χ4n) is 7.56. The number of carbonyl (C=O) groups excluding carboxylic acids is 1. The van der Waals surface area contributed by atoms with Crippen LogP contribution < -0.4 is 0 Å². The van der Waals surface area contributed by atoms with Gasteiger partial charge in [-0.3, -0.25) is 4.79 Å². The standard InChI is InChI=1S/C21H34O4/c1-12(22)25-18-11-14-15-4-5-19(24)21(15,3)9-7-16(14)20(2)8-6-13(23)10-17(18)20/h13-19,23-24H,4-11H2,1-3H3/t13-,14-,15-,16-,17?,18-,19-,20+,21-/m0/s1. The fraction of sp³-hybridized carbons (Fsp3) is 0.952. The summed E-state index contributed by atoms with van der Waals surface area (Å²) in [6, 6.07) is 0. The van der Waals surface area contributed by atoms with Crippen LogP contribution in [-0.4, -0.2) is 34.5 Å². The average Bonchev–Trinajstić information content (AvgIpc) is 2.84. The SMILES string of the molecule is CC(=O)O[C@H]1C[C@H]2[C@@H]3CC[C@H](O)[C@@]3(C)CC[C@@H]2[C@@]2(C)CC[C@H](O)CC12. The van der Waals surface area contributed by atoms with E-state index in [0.717, 1.165) is 44.9 Å². The molecule has 4 nitrogen and oxygen atoms in total. The second-order valence-corrected chi connectivity index (χ2v) is 9.94. The van der Waals surface area contributed by atoms with Gasteiger partial charge in [0.1, 0.15) is 6.10 Å². The minimum Gasteiger partial charge on any atom is -0.462 e. The van der Waals surface area contributed by atoms with E-state index in [1.165, 1.54) is 13.3 Å². The zero-order valence-corrected chi connectivity index (χ0v) is 15.9. The maximum Gasteiger partial charge on any atom is 0.302 e. The van der Waals surface area contributed by atoms with Gasteiger partial charge in [-0.2, -0.15) is 0 Å². The van der Waals surface area contributed by atoms with E-state index in [-0.39, 0.29) is 41.0 Å². The molecule has 9 atom stereocenters. The Balaban J connectivity index is 1.68. The second kappa shape index (κ2) is 5.95. The summed E-state index contributed by atoms with van der Waals surface area (Å²) in [6.45, 7) is 6.18. The number of aliphatic hydroxyl groups is 2. The number of hydrogen-bond acceptors (Lipinski definition) is 4. The number of esters is 1. The minimum atomic E-state index is -0.255. The molecule has 4 saturated carbocycles. The molecule has 0 amide bonds. The van der Waals surface area contributed by atoms with Gasteiger partial charge in [-0.05, 0) is 80.0 Å². The molecule has 0 radical (unpaired) electrons. The first-order valence-corrected chi connectivity index (χ1v) is 10.3. The number of ether oxygens (including phenoxy) is 1. The van der Waals surface area contributed by atoms with Crippen molar-refractivity contribution in [1.29, 1.82) is 0 Å². The van der Waals surface area contributed by atoms with E-state index in [1.807, 2.05) is 0 Å². The lowest BCUT2D eigenvalue weighted by Gasteiger charge is -2.62. The van der Waals surface area contributed by atoms with Gasteiger partial charge in [-0.1, -0.05) is 13.8 Å². The van der Waals surface area contributed by atoms with Crippen molar-refractivity contribution in [3.8, 4) is 0 Å². The quantitative estimate of drug-likeness (QED) is 0.712. The molecule has 0 heterocycles. The van der Waals surface area contributed by atoms with Crippen molar-refractivity contribution in [3.63, 3.8) is 0 Å². The second-order valence-electron chi connectivity index (χ2n) is 9.94. The first-order valence-electron chi connectivity index (χ1n) is 10.3. The van der Waals surface area contributed by atoms with Crippen molar-refractivity contribution in [2.75, 3.05) is 0 Å². The van der Waals surface area contributed by atoms with Crippen molar-refractivity contribution in [2.45, 2.75) is 90.4 Å². The Morgan fingerprint density at radius 2 is 1.60 bits per heavy atom. The third-order valence-electron chi connectivity index (χ3n) is 8.89. The fourth-order valence-corrected chi connectivity index (χ4v) is 7.56. The topological polar surface area (TPSA) is 66.8 Å². The summed E-state index contributed by atoms with van der Waals surface area (Å²) < 4.78 is 5.82. The monoisotopic (exact) mass is 350 g/mol. The van der Waals surface area contributed by atoms with Crippen LogP contribution in [-0.2, 0) is 9.53 Å². The Hall–Kier alpha value is -0.610. The molecule has 25 heavy (non-hydrogen) atoms. The van der Waals surface area contributed by atoms with Crippen LogP contribution in [0.2, 0.25) is 0 Å². The third kappa shape index (κ3) is 2.58. The van der Waals surface area contributed by atoms with Gasteiger partial charge in [-0.25, -0.2) is 0 Å². The van der Waals surface area contributed by atoms with Crippen LogP contribution in [0.5, 0.6) is 0 Å². The van der Waals surface area contributed by atoms with Crippen LogP contribution in [0, 0.1) is 34.5 Å². The van der Waals surface area contributed by atoms with E-state index in [4.69, 9.17) is 4.74 Å². The number of fused-ring (bicyclic) bond motifs is 5. The average molecular weight is 350 g/mol. The van der Waals surface area contributed by atoms with Gasteiger partial charge in [0, 0.05) is 12.8 Å². The Bertz CT molecular complexity index is 548. The molecule has 142 valence electrons. The van der Waals surface area contributed by atoms with Crippen LogP contribution in [0.25, 0.3) is 0 Å². The molecule has 0 saturated heterocycles. The van der Waals surface area contributed by atoms with Gasteiger partial charge in [0.2, 0.25) is 0 Å². The number of carbonyl (C=O) groups is 1. The highest BCUT2D eigenvalue weighted by Gasteiger charge is 2.62. The zero-order chi connectivity index (χ0) is 18.0. The molecule has 4 fully saturated rings. The molecular formula is C21H34O4. The van der Waals surface area contributed by atoms with Crippen molar-refractivity contribution in [3.05, 3.63) is 0 Å². The summed E-state index contributed by atoms with van der Waals surface area (Å²) in [6.07, 6.45) is 7.39. The molecular weight excluding hydrogens is 316 g/mol. The highest BCUT2D eigenvalue weighted by atomic mass is 16.5. The molecule has 0 bridgehead atoms. The maximum atomic E-state index is 11.8. The molecule has 4 heteroatoms. The Morgan fingerprint density at radius 1 is 0.920 bits per heavy atom. The highest BCUT2D eigenvalue weighted by molar-refractivity contribution is 5.66. The normalized spacial score (nSPS) is 55.0. The predicted octanol–water partition coefficient (Wildman–Crippen LogP) is 3.29. The summed E-state index contributed by atoms with van der Waals surface area (Å²) in [5.74, 6) is 1.80. The van der Waals surface area contributed by atoms with Crippen molar-refractivity contribution >= 4 is 5.97 Å². The molecule has 0 spiro atoms. The number of hydrogen-bond donors (Lipinski definition) is 2. The predicted molar refractivity (Wildman–Crippen MR) is 94.7 cm³/mol. The molecule has 0 aromatic carbocycles. The lowest BCUT2D eigenvalue weighted by atomic mass is 9.44. The van der Waals surface area contributed by atoms with Crippen molar-refractivity contribution < 1.29 is 19.7 Å². The van der Waals surface area contributed by atoms with E-state index < -0.39 is 0 Å². The van der Waals surface area contributed by atoms with Crippen LogP contribution in [0.3, 0.4) is 0 Å². The van der Waals surface area contributed by atoms with Crippen LogP contribution in [0.15, 0.2) is 0 Å². The van der Waals surface area contributed by atoms with Gasteiger partial charge < -0.3 is 14.9 Å². The molecule has 4 aliphatic carbocycles. The van der Waals surface area contributed by atoms with Gasteiger partial charge in [0.15, 0.2) is 0 Å². The van der Waals surface area contributed by atoms with Gasteiger partial charge in [0.05, 0.1) is 12.2 Å². The number of rotatable bonds is 1. The molecule has 1 unspecified atom stereocenters.